The van der Waals surface area contributed by atoms with E-state index in [9.17, 15) is 17.6 Å². The molecule has 1 aliphatic rings. The first-order valence-corrected chi connectivity index (χ1v) is 9.41. The fraction of sp³-hybridized carbons (Fsp3) is 0.562. The highest BCUT2D eigenvalue weighted by molar-refractivity contribution is 7.86. The number of nitrogens with one attached hydrogen (secondary N) is 1. The minimum absolute atomic E-state index is 0.0896. The Labute approximate surface area is 142 Å². The Bertz CT molecular complexity index is 671. The van der Waals surface area contributed by atoms with Gasteiger partial charge < -0.3 is 5.32 Å². The second-order valence-electron chi connectivity index (χ2n) is 6.10. The second-order valence-corrected chi connectivity index (χ2v) is 8.24. The molecule has 8 heteroatoms. The zero-order chi connectivity index (χ0) is 17.7. The summed E-state index contributed by atoms with van der Waals surface area (Å²) in [5.74, 6) is -0.554. The van der Waals surface area contributed by atoms with Crippen molar-refractivity contribution < 1.29 is 17.6 Å². The normalized spacial score (nSPS) is 17.2. The van der Waals surface area contributed by atoms with E-state index < -0.39 is 10.2 Å². The van der Waals surface area contributed by atoms with Gasteiger partial charge in [-0.3, -0.25) is 4.79 Å². The number of nitrogens with zero attached hydrogens (tertiary/aromatic N) is 2. The van der Waals surface area contributed by atoms with Crippen molar-refractivity contribution in [2.45, 2.75) is 19.3 Å². The molecule has 1 saturated heterocycles. The number of carbonyl (C=O) groups excluding carboxylic acids is 1. The number of amides is 1. The molecule has 1 aromatic rings. The van der Waals surface area contributed by atoms with E-state index in [1.54, 1.807) is 18.2 Å². The van der Waals surface area contributed by atoms with Gasteiger partial charge in [0.05, 0.1) is 0 Å². The molecule has 24 heavy (non-hydrogen) atoms. The van der Waals surface area contributed by atoms with Crippen LogP contribution in [0.25, 0.3) is 0 Å². The van der Waals surface area contributed by atoms with Crippen LogP contribution in [0.2, 0.25) is 0 Å². The van der Waals surface area contributed by atoms with Gasteiger partial charge in [0.15, 0.2) is 0 Å². The van der Waals surface area contributed by atoms with Gasteiger partial charge in [0.2, 0.25) is 5.91 Å². The smallest absolute Gasteiger partial charge is 0.281 e. The van der Waals surface area contributed by atoms with Gasteiger partial charge in [-0.25, -0.2) is 4.39 Å². The Morgan fingerprint density at radius 2 is 1.92 bits per heavy atom. The summed E-state index contributed by atoms with van der Waals surface area (Å²) in [7, 11) is -0.420. The molecular weight excluding hydrogens is 333 g/mol. The van der Waals surface area contributed by atoms with Crippen LogP contribution in [0.5, 0.6) is 0 Å². The fourth-order valence-electron chi connectivity index (χ4n) is 2.75. The van der Waals surface area contributed by atoms with E-state index in [0.29, 0.717) is 44.5 Å². The summed E-state index contributed by atoms with van der Waals surface area (Å²) in [4.78, 5) is 12.2. The predicted octanol–water partition coefficient (Wildman–Crippen LogP) is 1.00. The van der Waals surface area contributed by atoms with Gasteiger partial charge in [0.25, 0.3) is 10.2 Å². The lowest BCUT2D eigenvalue weighted by atomic mass is 9.97. The highest BCUT2D eigenvalue weighted by Crippen LogP contribution is 2.20. The number of rotatable bonds is 6. The molecule has 0 unspecified atom stereocenters. The zero-order valence-electron chi connectivity index (χ0n) is 14.0. The summed E-state index contributed by atoms with van der Waals surface area (Å²) < 4.78 is 40.2. The van der Waals surface area contributed by atoms with Crippen LogP contribution in [-0.4, -0.2) is 56.7 Å². The van der Waals surface area contributed by atoms with Crippen LogP contribution >= 0.6 is 0 Å². The van der Waals surface area contributed by atoms with E-state index in [0.717, 1.165) is 0 Å². The number of carbonyl (C=O) groups is 1. The molecule has 0 spiro atoms. The molecule has 0 bridgehead atoms. The van der Waals surface area contributed by atoms with Crippen LogP contribution in [0.4, 0.5) is 4.39 Å². The first kappa shape index (κ1) is 18.8. The van der Waals surface area contributed by atoms with Gasteiger partial charge >= 0.3 is 0 Å². The van der Waals surface area contributed by atoms with Crippen molar-refractivity contribution in [3.05, 3.63) is 35.6 Å². The maximum atomic E-state index is 13.5. The quantitative estimate of drug-likeness (QED) is 0.826. The largest absolute Gasteiger partial charge is 0.356 e. The molecule has 1 amide bonds. The summed E-state index contributed by atoms with van der Waals surface area (Å²) in [5, 5.41) is 2.82. The highest BCUT2D eigenvalue weighted by Gasteiger charge is 2.32. The number of halogens is 1. The topological polar surface area (TPSA) is 69.7 Å². The number of benzene rings is 1. The molecule has 1 N–H and O–H groups in total. The lowest BCUT2D eigenvalue weighted by Gasteiger charge is -2.32. The maximum Gasteiger partial charge on any atom is 0.281 e. The first-order valence-electron chi connectivity index (χ1n) is 8.01. The zero-order valence-corrected chi connectivity index (χ0v) is 14.9. The van der Waals surface area contributed by atoms with Crippen molar-refractivity contribution in [3.8, 4) is 0 Å². The average Bonchev–Trinajstić information content (AvgIpc) is 2.56. The summed E-state index contributed by atoms with van der Waals surface area (Å²) >= 11 is 0. The van der Waals surface area contributed by atoms with Crippen LogP contribution in [0.3, 0.4) is 0 Å². The molecule has 0 atom stereocenters. The van der Waals surface area contributed by atoms with Crippen molar-refractivity contribution >= 4 is 16.1 Å². The lowest BCUT2D eigenvalue weighted by Crippen LogP contribution is -2.47. The van der Waals surface area contributed by atoms with E-state index >= 15 is 0 Å². The fourth-order valence-corrected chi connectivity index (χ4v) is 3.88. The first-order chi connectivity index (χ1) is 11.3. The van der Waals surface area contributed by atoms with Crippen molar-refractivity contribution in [2.75, 3.05) is 33.7 Å². The molecule has 0 radical (unpaired) electrons. The van der Waals surface area contributed by atoms with Gasteiger partial charge in [-0.15, -0.1) is 0 Å². The number of hydrogen-bond donors (Lipinski definition) is 1. The highest BCUT2D eigenvalue weighted by atomic mass is 32.2. The molecule has 1 fully saturated rings. The third-order valence-corrected chi connectivity index (χ3v) is 6.20. The van der Waals surface area contributed by atoms with Crippen LogP contribution in [0.15, 0.2) is 24.3 Å². The molecule has 0 aliphatic carbocycles. The predicted molar refractivity (Wildman–Crippen MR) is 90.0 cm³/mol. The molecule has 134 valence electrons. The molecule has 6 nitrogen and oxygen atoms in total. The maximum absolute atomic E-state index is 13.5. The van der Waals surface area contributed by atoms with Gasteiger partial charge in [0.1, 0.15) is 5.82 Å². The van der Waals surface area contributed by atoms with Gasteiger partial charge in [-0.2, -0.15) is 17.0 Å². The monoisotopic (exact) mass is 357 g/mol. The summed E-state index contributed by atoms with van der Waals surface area (Å²) in [5.41, 5.74) is 0.574. The van der Waals surface area contributed by atoms with Crippen molar-refractivity contribution in [1.29, 1.82) is 0 Å². The van der Waals surface area contributed by atoms with Crippen LogP contribution in [0, 0.1) is 11.7 Å². The number of piperidine rings is 1. The SMILES string of the molecule is CN(C)S(=O)(=O)N1CCC(C(=O)NCCc2ccccc2F)CC1. The molecule has 2 rings (SSSR count). The average molecular weight is 357 g/mol. The van der Waals surface area contributed by atoms with Crippen LogP contribution in [-0.2, 0) is 21.4 Å². The molecule has 1 heterocycles. The third kappa shape index (κ3) is 4.52. The molecule has 0 aromatic heterocycles. The third-order valence-electron chi connectivity index (χ3n) is 4.26. The Morgan fingerprint density at radius 1 is 1.29 bits per heavy atom. The Hall–Kier alpha value is -1.51. The summed E-state index contributed by atoms with van der Waals surface area (Å²) in [6.07, 6.45) is 1.43. The lowest BCUT2D eigenvalue weighted by molar-refractivity contribution is -0.126. The van der Waals surface area contributed by atoms with Crippen molar-refractivity contribution in [3.63, 3.8) is 0 Å². The van der Waals surface area contributed by atoms with E-state index in [-0.39, 0.29) is 17.6 Å². The Balaban J connectivity index is 1.78. The van der Waals surface area contributed by atoms with Crippen LogP contribution in [0.1, 0.15) is 18.4 Å². The molecule has 1 aromatic carbocycles. The van der Waals surface area contributed by atoms with E-state index in [2.05, 4.69) is 5.32 Å². The Morgan fingerprint density at radius 3 is 2.50 bits per heavy atom. The van der Waals surface area contributed by atoms with Gasteiger partial charge in [-0.05, 0) is 30.9 Å². The molecular formula is C16H24FN3O3S. The summed E-state index contributed by atoms with van der Waals surface area (Å²) in [6.45, 7) is 1.05. The number of hydrogen-bond acceptors (Lipinski definition) is 3. The van der Waals surface area contributed by atoms with Gasteiger partial charge in [-0.1, -0.05) is 18.2 Å². The molecule has 1 aliphatic heterocycles. The van der Waals surface area contributed by atoms with Crippen molar-refractivity contribution in [2.24, 2.45) is 5.92 Å². The van der Waals surface area contributed by atoms with E-state index in [1.165, 1.54) is 28.8 Å². The molecule has 0 saturated carbocycles. The van der Waals surface area contributed by atoms with Crippen LogP contribution < -0.4 is 5.32 Å². The van der Waals surface area contributed by atoms with Crippen molar-refractivity contribution in [1.82, 2.24) is 13.9 Å². The Kier molecular flexibility index (Phi) is 6.31. The minimum atomic E-state index is -3.41. The standard InChI is InChI=1S/C16H24FN3O3S/c1-19(2)24(22,23)20-11-8-14(9-12-20)16(21)18-10-7-13-5-3-4-6-15(13)17/h3-6,14H,7-12H2,1-2H3,(H,18,21). The summed E-state index contributed by atoms with van der Waals surface area (Å²) in [6, 6.07) is 6.50. The van der Waals surface area contributed by atoms with E-state index in [1.807, 2.05) is 0 Å². The van der Waals surface area contributed by atoms with E-state index in [4.69, 9.17) is 0 Å². The second kappa shape index (κ2) is 8.04. The minimum Gasteiger partial charge on any atom is -0.356 e. The van der Waals surface area contributed by atoms with Gasteiger partial charge in [0, 0.05) is 39.6 Å².